The summed E-state index contributed by atoms with van der Waals surface area (Å²) < 4.78 is 15.9. The summed E-state index contributed by atoms with van der Waals surface area (Å²) >= 11 is 0. The minimum atomic E-state index is -0.529. The number of likely N-dealkylation sites (N-methyl/N-ethyl adjacent to an activating group) is 1. The molecule has 1 aromatic rings. The smallest absolute Gasteiger partial charge is 0.323 e. The van der Waals surface area contributed by atoms with E-state index in [2.05, 4.69) is 5.32 Å². The zero-order chi connectivity index (χ0) is 23.4. The molecule has 0 aliphatic rings. The van der Waals surface area contributed by atoms with E-state index in [1.807, 2.05) is 34.6 Å². The summed E-state index contributed by atoms with van der Waals surface area (Å²) in [5.41, 5.74) is 0.755. The first-order chi connectivity index (χ1) is 14.7. The molecule has 0 radical (unpaired) electrons. The number of methoxy groups -OCH3 is 1. The van der Waals surface area contributed by atoms with Gasteiger partial charge in [-0.2, -0.15) is 0 Å². The van der Waals surface area contributed by atoms with E-state index in [9.17, 15) is 14.4 Å². The van der Waals surface area contributed by atoms with Crippen LogP contribution in [0.2, 0.25) is 0 Å². The normalized spacial score (nSPS) is 12.0. The SMILES string of the molecule is CCN[C@@H](Cc1ccc(OC(=O)CCC(C)C)c(OC(=O)CCC(C)C)c1)C(=O)OC. The van der Waals surface area contributed by atoms with Crippen molar-refractivity contribution in [3.8, 4) is 11.5 Å². The Labute approximate surface area is 185 Å². The number of carbonyl (C=O) groups excluding carboxylic acids is 3. The van der Waals surface area contributed by atoms with Crippen LogP contribution in [-0.4, -0.2) is 37.6 Å². The second-order valence-corrected chi connectivity index (χ2v) is 8.43. The van der Waals surface area contributed by atoms with Gasteiger partial charge >= 0.3 is 17.9 Å². The van der Waals surface area contributed by atoms with Crippen molar-refractivity contribution in [1.29, 1.82) is 0 Å². The van der Waals surface area contributed by atoms with Gasteiger partial charge in [0.05, 0.1) is 7.11 Å². The molecule has 0 unspecified atom stereocenters. The fourth-order valence-electron chi connectivity index (χ4n) is 2.87. The minimum absolute atomic E-state index is 0.185. The fraction of sp³-hybridized carbons (Fsp3) is 0.625. The number of benzene rings is 1. The van der Waals surface area contributed by atoms with Gasteiger partial charge < -0.3 is 19.5 Å². The van der Waals surface area contributed by atoms with Crippen LogP contribution in [0.4, 0.5) is 0 Å². The number of carbonyl (C=O) groups is 3. The Morgan fingerprint density at radius 1 is 0.903 bits per heavy atom. The molecular formula is C24H37NO6. The molecule has 31 heavy (non-hydrogen) atoms. The van der Waals surface area contributed by atoms with Gasteiger partial charge in [0.2, 0.25) is 0 Å². The molecule has 1 N–H and O–H groups in total. The second-order valence-electron chi connectivity index (χ2n) is 8.43. The van der Waals surface area contributed by atoms with Crippen LogP contribution in [0.25, 0.3) is 0 Å². The van der Waals surface area contributed by atoms with Gasteiger partial charge in [-0.1, -0.05) is 40.7 Å². The number of hydrogen-bond acceptors (Lipinski definition) is 7. The Kier molecular flexibility index (Phi) is 11.9. The highest BCUT2D eigenvalue weighted by atomic mass is 16.6. The van der Waals surface area contributed by atoms with Crippen molar-refractivity contribution in [3.63, 3.8) is 0 Å². The third-order valence-corrected chi connectivity index (χ3v) is 4.68. The predicted molar refractivity (Wildman–Crippen MR) is 119 cm³/mol. The van der Waals surface area contributed by atoms with Crippen molar-refractivity contribution in [2.24, 2.45) is 11.8 Å². The van der Waals surface area contributed by atoms with Gasteiger partial charge in [-0.05, 0) is 55.3 Å². The minimum Gasteiger partial charge on any atom is -0.468 e. The van der Waals surface area contributed by atoms with Crippen molar-refractivity contribution in [2.45, 2.75) is 72.8 Å². The van der Waals surface area contributed by atoms with Gasteiger partial charge in [-0.15, -0.1) is 0 Å². The Morgan fingerprint density at radius 2 is 1.45 bits per heavy atom. The fourth-order valence-corrected chi connectivity index (χ4v) is 2.87. The molecular weight excluding hydrogens is 398 g/mol. The van der Waals surface area contributed by atoms with Crippen LogP contribution in [0.1, 0.15) is 65.9 Å². The van der Waals surface area contributed by atoms with Crippen molar-refractivity contribution in [1.82, 2.24) is 5.32 Å². The van der Waals surface area contributed by atoms with Gasteiger partial charge in [0.15, 0.2) is 11.5 Å². The molecule has 0 aromatic heterocycles. The predicted octanol–water partition coefficient (Wildman–Crippen LogP) is 4.06. The zero-order valence-corrected chi connectivity index (χ0v) is 19.7. The highest BCUT2D eigenvalue weighted by Crippen LogP contribution is 2.30. The van der Waals surface area contributed by atoms with E-state index >= 15 is 0 Å². The van der Waals surface area contributed by atoms with Gasteiger partial charge in [-0.3, -0.25) is 14.4 Å². The van der Waals surface area contributed by atoms with Crippen molar-refractivity contribution in [3.05, 3.63) is 23.8 Å². The Balaban J connectivity index is 3.05. The Morgan fingerprint density at radius 3 is 1.94 bits per heavy atom. The van der Waals surface area contributed by atoms with Crippen LogP contribution < -0.4 is 14.8 Å². The number of esters is 3. The lowest BCUT2D eigenvalue weighted by atomic mass is 10.0. The molecule has 0 aliphatic heterocycles. The van der Waals surface area contributed by atoms with E-state index in [4.69, 9.17) is 14.2 Å². The van der Waals surface area contributed by atoms with E-state index in [0.29, 0.717) is 37.6 Å². The molecule has 0 spiro atoms. The van der Waals surface area contributed by atoms with Crippen molar-refractivity contribution >= 4 is 17.9 Å². The molecule has 7 nitrogen and oxygen atoms in total. The third-order valence-electron chi connectivity index (χ3n) is 4.68. The van der Waals surface area contributed by atoms with E-state index < -0.39 is 6.04 Å². The summed E-state index contributed by atoms with van der Waals surface area (Å²) in [5.74, 6) is -0.000434. The van der Waals surface area contributed by atoms with E-state index in [-0.39, 0.29) is 42.2 Å². The standard InChI is InChI=1S/C24H37NO6/c1-7-25-19(24(28)29-6)14-18-10-11-20(30-22(26)12-8-16(2)3)21(15-18)31-23(27)13-9-17(4)5/h10-11,15-17,19,25H,7-9,12-14H2,1-6H3/t19-/m0/s1. The van der Waals surface area contributed by atoms with E-state index in [1.165, 1.54) is 7.11 Å². The van der Waals surface area contributed by atoms with Gasteiger partial charge in [0.1, 0.15) is 6.04 Å². The Hall–Kier alpha value is -2.41. The molecule has 0 saturated carbocycles. The summed E-state index contributed by atoms with van der Waals surface area (Å²) in [6.07, 6.45) is 2.31. The maximum atomic E-state index is 12.3. The van der Waals surface area contributed by atoms with Crippen LogP contribution in [0, 0.1) is 11.8 Å². The van der Waals surface area contributed by atoms with Gasteiger partial charge in [0.25, 0.3) is 0 Å². The molecule has 174 valence electrons. The van der Waals surface area contributed by atoms with Crippen molar-refractivity contribution < 1.29 is 28.6 Å². The molecule has 7 heteroatoms. The summed E-state index contributed by atoms with van der Waals surface area (Å²) in [6, 6.07) is 4.47. The molecule has 0 amide bonds. The highest BCUT2D eigenvalue weighted by Gasteiger charge is 2.21. The lowest BCUT2D eigenvalue weighted by molar-refractivity contribution is -0.143. The maximum Gasteiger partial charge on any atom is 0.323 e. The molecule has 0 fully saturated rings. The van der Waals surface area contributed by atoms with Crippen LogP contribution in [-0.2, 0) is 25.5 Å². The molecule has 0 bridgehead atoms. The first-order valence-electron chi connectivity index (χ1n) is 11.0. The molecule has 0 heterocycles. The Bertz CT molecular complexity index is 729. The summed E-state index contributed by atoms with van der Waals surface area (Å²) in [6.45, 7) is 10.6. The van der Waals surface area contributed by atoms with Crippen LogP contribution in [0.3, 0.4) is 0 Å². The summed E-state index contributed by atoms with van der Waals surface area (Å²) in [5, 5.41) is 3.08. The monoisotopic (exact) mass is 435 g/mol. The lowest BCUT2D eigenvalue weighted by Gasteiger charge is -2.17. The summed E-state index contributed by atoms with van der Waals surface area (Å²) in [4.78, 5) is 36.5. The number of nitrogens with one attached hydrogen (secondary N) is 1. The first-order valence-corrected chi connectivity index (χ1v) is 11.0. The molecule has 0 aliphatic carbocycles. The van der Waals surface area contributed by atoms with Crippen molar-refractivity contribution in [2.75, 3.05) is 13.7 Å². The van der Waals surface area contributed by atoms with Gasteiger partial charge in [-0.25, -0.2) is 0 Å². The number of hydrogen-bond donors (Lipinski definition) is 1. The molecule has 1 aromatic carbocycles. The maximum absolute atomic E-state index is 12.3. The topological polar surface area (TPSA) is 90.9 Å². The molecule has 0 saturated heterocycles. The number of ether oxygens (including phenoxy) is 3. The molecule has 1 atom stereocenters. The zero-order valence-electron chi connectivity index (χ0n) is 19.7. The average molecular weight is 436 g/mol. The molecule has 1 rings (SSSR count). The van der Waals surface area contributed by atoms with E-state index in [1.54, 1.807) is 18.2 Å². The number of rotatable bonds is 13. The van der Waals surface area contributed by atoms with E-state index in [0.717, 1.165) is 5.56 Å². The largest absolute Gasteiger partial charge is 0.468 e. The highest BCUT2D eigenvalue weighted by molar-refractivity contribution is 5.77. The van der Waals surface area contributed by atoms with Gasteiger partial charge in [0, 0.05) is 12.8 Å². The third kappa shape index (κ3) is 10.4. The van der Waals surface area contributed by atoms with Crippen LogP contribution in [0.5, 0.6) is 11.5 Å². The lowest BCUT2D eigenvalue weighted by Crippen LogP contribution is -2.39. The second kappa shape index (κ2) is 13.8. The summed E-state index contributed by atoms with van der Waals surface area (Å²) in [7, 11) is 1.34. The first kappa shape index (κ1) is 26.6. The average Bonchev–Trinajstić information content (AvgIpc) is 2.71. The van der Waals surface area contributed by atoms with Crippen LogP contribution in [0.15, 0.2) is 18.2 Å². The quantitative estimate of drug-likeness (QED) is 0.369. The van der Waals surface area contributed by atoms with Crippen LogP contribution >= 0.6 is 0 Å².